The minimum absolute atomic E-state index is 0.0399. The summed E-state index contributed by atoms with van der Waals surface area (Å²) in [6.07, 6.45) is 0. The van der Waals surface area contributed by atoms with Crippen molar-refractivity contribution in [1.82, 2.24) is 0 Å². The van der Waals surface area contributed by atoms with Crippen molar-refractivity contribution >= 4 is 25.7 Å². The van der Waals surface area contributed by atoms with Gasteiger partial charge in [0, 0.05) is 22.8 Å². The lowest BCUT2D eigenvalue weighted by atomic mass is 10.2. The van der Waals surface area contributed by atoms with E-state index in [1.165, 1.54) is 6.07 Å². The molecule has 8 heteroatoms. The first-order chi connectivity index (χ1) is 7.93. The smallest absolute Gasteiger partial charge is 0.339 e. The van der Waals surface area contributed by atoms with E-state index >= 15 is 0 Å². The zero-order valence-electron chi connectivity index (χ0n) is 8.60. The Morgan fingerprint density at radius 2 is 1.94 bits per heavy atom. The predicted octanol–water partition coefficient (Wildman–Crippen LogP) is 1.13. The van der Waals surface area contributed by atoms with Crippen LogP contribution in [0.4, 0.5) is 0 Å². The zero-order chi connectivity index (χ0) is 12.6. The summed E-state index contributed by atoms with van der Waals surface area (Å²) in [5.41, 5.74) is -0.188. The van der Waals surface area contributed by atoms with Crippen molar-refractivity contribution in [2.75, 3.05) is 13.9 Å². The lowest BCUT2D eigenvalue weighted by molar-refractivity contribution is 0.0596. The Morgan fingerprint density at radius 1 is 1.35 bits per heavy atom. The number of hydrogen-bond acceptors (Lipinski definition) is 6. The fourth-order valence-electron chi connectivity index (χ4n) is 1.39. The average Bonchev–Trinajstić information content (AvgIpc) is 2.72. The molecule has 0 aromatic heterocycles. The summed E-state index contributed by atoms with van der Waals surface area (Å²) < 4.78 is 37.2. The number of fused-ring (bicyclic) bond motifs is 1. The Bertz CT molecular complexity index is 579. The van der Waals surface area contributed by atoms with Gasteiger partial charge in [-0.2, -0.15) is 0 Å². The molecule has 17 heavy (non-hydrogen) atoms. The molecule has 0 radical (unpaired) electrons. The second-order valence-electron chi connectivity index (χ2n) is 3.13. The monoisotopic (exact) mass is 278 g/mol. The van der Waals surface area contributed by atoms with Crippen LogP contribution in [-0.2, 0) is 13.8 Å². The number of benzene rings is 1. The fourth-order valence-corrected chi connectivity index (χ4v) is 2.43. The summed E-state index contributed by atoms with van der Waals surface area (Å²) >= 11 is 0. The van der Waals surface area contributed by atoms with E-state index in [1.807, 2.05) is 0 Å². The molecule has 1 aromatic carbocycles. The highest BCUT2D eigenvalue weighted by Crippen LogP contribution is 2.37. The molecule has 6 nitrogen and oxygen atoms in total. The molecule has 0 atom stereocenters. The summed E-state index contributed by atoms with van der Waals surface area (Å²) in [6, 6.07) is 2.36. The Labute approximate surface area is 101 Å². The van der Waals surface area contributed by atoms with Gasteiger partial charge in [0.15, 0.2) is 11.5 Å². The number of esters is 1. The van der Waals surface area contributed by atoms with E-state index in [4.69, 9.17) is 20.2 Å². The maximum absolute atomic E-state index is 11.4. The Morgan fingerprint density at radius 3 is 2.47 bits per heavy atom. The molecule has 0 saturated heterocycles. The van der Waals surface area contributed by atoms with E-state index < -0.39 is 15.0 Å². The molecule has 0 saturated carbocycles. The molecule has 92 valence electrons. The van der Waals surface area contributed by atoms with Crippen molar-refractivity contribution in [1.29, 1.82) is 0 Å². The molecular weight excluding hydrogens is 272 g/mol. The lowest BCUT2D eigenvalue weighted by Gasteiger charge is -2.06. The molecule has 0 spiro atoms. The van der Waals surface area contributed by atoms with Gasteiger partial charge in [0.2, 0.25) is 6.79 Å². The van der Waals surface area contributed by atoms with Crippen LogP contribution in [0, 0.1) is 0 Å². The van der Waals surface area contributed by atoms with Gasteiger partial charge in [-0.05, 0) is 0 Å². The predicted molar refractivity (Wildman–Crippen MR) is 56.9 cm³/mol. The van der Waals surface area contributed by atoms with Crippen LogP contribution in [0.2, 0.25) is 0 Å². The fraction of sp³-hybridized carbons (Fsp3) is 0.222. The van der Waals surface area contributed by atoms with Crippen LogP contribution in [0.3, 0.4) is 0 Å². The molecule has 1 aliphatic rings. The molecule has 0 fully saturated rings. The van der Waals surface area contributed by atoms with E-state index in [0.717, 1.165) is 13.2 Å². The third-order valence-corrected chi connectivity index (χ3v) is 3.50. The quantitative estimate of drug-likeness (QED) is 0.596. The van der Waals surface area contributed by atoms with Gasteiger partial charge in [-0.1, -0.05) is 0 Å². The Balaban J connectivity index is 2.68. The van der Waals surface area contributed by atoms with Gasteiger partial charge in [0.05, 0.1) is 12.7 Å². The topological polar surface area (TPSA) is 78.9 Å². The van der Waals surface area contributed by atoms with Crippen LogP contribution in [0.15, 0.2) is 17.0 Å². The van der Waals surface area contributed by atoms with Crippen LogP contribution >= 0.6 is 10.7 Å². The second kappa shape index (κ2) is 4.08. The largest absolute Gasteiger partial charge is 0.465 e. The molecule has 0 amide bonds. The average molecular weight is 279 g/mol. The van der Waals surface area contributed by atoms with Crippen LogP contribution in [0.1, 0.15) is 10.4 Å². The van der Waals surface area contributed by atoms with Gasteiger partial charge in [0.1, 0.15) is 4.90 Å². The molecule has 0 bridgehead atoms. The minimum Gasteiger partial charge on any atom is -0.465 e. The van der Waals surface area contributed by atoms with E-state index in [-0.39, 0.29) is 28.8 Å². The molecular formula is C9H7ClO6S. The van der Waals surface area contributed by atoms with Crippen molar-refractivity contribution in [3.05, 3.63) is 17.7 Å². The number of rotatable bonds is 2. The second-order valence-corrected chi connectivity index (χ2v) is 5.67. The lowest BCUT2D eigenvalue weighted by Crippen LogP contribution is -2.07. The zero-order valence-corrected chi connectivity index (χ0v) is 10.2. The maximum atomic E-state index is 11.4. The van der Waals surface area contributed by atoms with Crippen molar-refractivity contribution < 1.29 is 27.4 Å². The standard InChI is InChI=1S/C9H7ClO6S/c1-14-9(11)5-2-6-7(16-4-15-6)3-8(5)17(10,12)13/h2-3H,4H2,1H3. The van der Waals surface area contributed by atoms with E-state index in [2.05, 4.69) is 4.74 Å². The summed E-state index contributed by atoms with van der Waals surface area (Å²) in [7, 11) is 2.30. The van der Waals surface area contributed by atoms with Gasteiger partial charge >= 0.3 is 5.97 Å². The number of ether oxygens (including phenoxy) is 3. The minimum atomic E-state index is -4.07. The third-order valence-electron chi connectivity index (χ3n) is 2.14. The van der Waals surface area contributed by atoms with E-state index in [1.54, 1.807) is 0 Å². The van der Waals surface area contributed by atoms with Crippen LogP contribution < -0.4 is 9.47 Å². The number of carbonyl (C=O) groups excluding carboxylic acids is 1. The van der Waals surface area contributed by atoms with Crippen molar-refractivity contribution in [3.63, 3.8) is 0 Å². The van der Waals surface area contributed by atoms with Crippen LogP contribution in [0.5, 0.6) is 11.5 Å². The molecule has 1 aromatic rings. The van der Waals surface area contributed by atoms with Gasteiger partial charge in [-0.3, -0.25) is 0 Å². The van der Waals surface area contributed by atoms with Gasteiger partial charge in [0.25, 0.3) is 9.05 Å². The van der Waals surface area contributed by atoms with Crippen LogP contribution in [0.25, 0.3) is 0 Å². The van der Waals surface area contributed by atoms with Crippen molar-refractivity contribution in [3.8, 4) is 11.5 Å². The number of halogens is 1. The van der Waals surface area contributed by atoms with Crippen molar-refractivity contribution in [2.45, 2.75) is 4.90 Å². The summed E-state index contributed by atoms with van der Waals surface area (Å²) in [5.74, 6) is -0.325. The molecule has 2 rings (SSSR count). The highest BCUT2D eigenvalue weighted by atomic mass is 35.7. The SMILES string of the molecule is COC(=O)c1cc2c(cc1S(=O)(=O)Cl)OCO2. The first-order valence-electron chi connectivity index (χ1n) is 4.40. The van der Waals surface area contributed by atoms with Gasteiger partial charge in [-0.15, -0.1) is 0 Å². The van der Waals surface area contributed by atoms with Gasteiger partial charge < -0.3 is 14.2 Å². The molecule has 0 aliphatic carbocycles. The summed E-state index contributed by atoms with van der Waals surface area (Å²) in [6.45, 7) is -0.0399. The van der Waals surface area contributed by atoms with Gasteiger partial charge in [-0.25, -0.2) is 13.2 Å². The molecule has 1 heterocycles. The third kappa shape index (κ3) is 2.16. The Hall–Kier alpha value is -1.47. The Kier molecular flexibility index (Phi) is 2.88. The molecule has 0 unspecified atom stereocenters. The number of hydrogen-bond donors (Lipinski definition) is 0. The highest BCUT2D eigenvalue weighted by molar-refractivity contribution is 8.13. The van der Waals surface area contributed by atoms with E-state index in [9.17, 15) is 13.2 Å². The summed E-state index contributed by atoms with van der Waals surface area (Å²) in [5, 5.41) is 0. The molecule has 1 aliphatic heterocycles. The first-order valence-corrected chi connectivity index (χ1v) is 6.71. The number of carbonyl (C=O) groups is 1. The molecule has 0 N–H and O–H groups in total. The maximum Gasteiger partial charge on any atom is 0.339 e. The van der Waals surface area contributed by atoms with Crippen LogP contribution in [-0.4, -0.2) is 28.3 Å². The van der Waals surface area contributed by atoms with E-state index in [0.29, 0.717) is 0 Å². The van der Waals surface area contributed by atoms with Crippen molar-refractivity contribution in [2.24, 2.45) is 0 Å². The summed E-state index contributed by atoms with van der Waals surface area (Å²) in [4.78, 5) is 11.1. The number of methoxy groups -OCH3 is 1. The highest BCUT2D eigenvalue weighted by Gasteiger charge is 2.27. The first kappa shape index (κ1) is 12.0. The normalized spacial score (nSPS) is 13.5.